The maximum Gasteiger partial charge on any atom is 0.236 e. The van der Waals surface area contributed by atoms with Crippen LogP contribution in [0, 0.1) is 0 Å². The molecule has 0 aliphatic carbocycles. The summed E-state index contributed by atoms with van der Waals surface area (Å²) in [6, 6.07) is 27.7. The summed E-state index contributed by atoms with van der Waals surface area (Å²) in [7, 11) is 0. The maximum atomic E-state index is 12.8. The van der Waals surface area contributed by atoms with Crippen molar-refractivity contribution in [1.82, 2.24) is 0 Å². The molecule has 0 fully saturated rings. The lowest BCUT2D eigenvalue weighted by molar-refractivity contribution is -0.117. The van der Waals surface area contributed by atoms with Crippen molar-refractivity contribution in [3.05, 3.63) is 107 Å². The zero-order valence-electron chi connectivity index (χ0n) is 16.1. The lowest BCUT2D eigenvalue weighted by Gasteiger charge is -2.13. The Morgan fingerprint density at radius 2 is 0.900 bits per heavy atom. The molecule has 0 saturated carbocycles. The number of nitrogens with one attached hydrogen (secondary N) is 2. The molecule has 4 nitrogen and oxygen atoms in total. The third-order valence-corrected chi connectivity index (χ3v) is 6.17. The van der Waals surface area contributed by atoms with Crippen LogP contribution >= 0.6 is 0 Å². The van der Waals surface area contributed by atoms with Crippen molar-refractivity contribution < 1.29 is 9.59 Å². The van der Waals surface area contributed by atoms with E-state index in [0.29, 0.717) is 0 Å². The standard InChI is InChI=1S/C26H18N2O2/c29-25-21(15-7-3-1-4-8-15)19-13-11-18-17(23(19)27-25)12-14-20-22(26(30)28-24(18)20)16-9-5-2-6-10-16/h1-14,21-22H,(H,27,29)(H,28,30). The van der Waals surface area contributed by atoms with Gasteiger partial charge in [0, 0.05) is 10.8 Å². The summed E-state index contributed by atoms with van der Waals surface area (Å²) in [5.41, 5.74) is 5.58. The van der Waals surface area contributed by atoms with Crippen molar-refractivity contribution in [2.75, 3.05) is 10.6 Å². The summed E-state index contributed by atoms with van der Waals surface area (Å²) in [4.78, 5) is 25.6. The number of benzene rings is 4. The second-order valence-electron chi connectivity index (χ2n) is 7.82. The molecule has 2 amide bonds. The first-order chi connectivity index (χ1) is 14.7. The van der Waals surface area contributed by atoms with E-state index in [1.807, 2.05) is 84.9 Å². The molecule has 0 aromatic heterocycles. The van der Waals surface area contributed by atoms with E-state index in [-0.39, 0.29) is 23.7 Å². The summed E-state index contributed by atoms with van der Waals surface area (Å²) in [6.07, 6.45) is 0. The van der Waals surface area contributed by atoms with Gasteiger partial charge in [0.1, 0.15) is 0 Å². The molecule has 4 aromatic carbocycles. The summed E-state index contributed by atoms with van der Waals surface area (Å²) < 4.78 is 0. The van der Waals surface area contributed by atoms with E-state index in [4.69, 9.17) is 0 Å². The lowest BCUT2D eigenvalue weighted by atomic mass is 9.88. The predicted molar refractivity (Wildman–Crippen MR) is 118 cm³/mol. The van der Waals surface area contributed by atoms with Gasteiger partial charge < -0.3 is 10.6 Å². The number of carbonyl (C=O) groups excluding carboxylic acids is 2. The van der Waals surface area contributed by atoms with Gasteiger partial charge in [-0.1, -0.05) is 84.9 Å². The van der Waals surface area contributed by atoms with Gasteiger partial charge in [0.2, 0.25) is 11.8 Å². The fourth-order valence-electron chi connectivity index (χ4n) is 4.83. The van der Waals surface area contributed by atoms with E-state index >= 15 is 0 Å². The molecular formula is C26H18N2O2. The highest BCUT2D eigenvalue weighted by molar-refractivity contribution is 6.19. The van der Waals surface area contributed by atoms with Gasteiger partial charge in [-0.05, 0) is 22.3 Å². The van der Waals surface area contributed by atoms with Gasteiger partial charge >= 0.3 is 0 Å². The Hall–Kier alpha value is -3.92. The fourth-order valence-corrected chi connectivity index (χ4v) is 4.83. The molecule has 0 radical (unpaired) electrons. The van der Waals surface area contributed by atoms with E-state index < -0.39 is 0 Å². The quantitative estimate of drug-likeness (QED) is 0.506. The van der Waals surface area contributed by atoms with Crippen LogP contribution in [-0.4, -0.2) is 11.8 Å². The first-order valence-electron chi connectivity index (χ1n) is 10.0. The number of fused-ring (bicyclic) bond motifs is 5. The Morgan fingerprint density at radius 3 is 1.30 bits per heavy atom. The van der Waals surface area contributed by atoms with Crippen LogP contribution in [0.2, 0.25) is 0 Å². The highest BCUT2D eigenvalue weighted by Crippen LogP contribution is 2.47. The Kier molecular flexibility index (Phi) is 3.56. The third-order valence-electron chi connectivity index (χ3n) is 6.17. The molecule has 144 valence electrons. The number of anilines is 2. The van der Waals surface area contributed by atoms with Gasteiger partial charge in [-0.25, -0.2) is 0 Å². The fraction of sp³-hybridized carbons (Fsp3) is 0.0769. The molecule has 2 atom stereocenters. The first kappa shape index (κ1) is 17.0. The highest BCUT2D eigenvalue weighted by Gasteiger charge is 2.36. The third kappa shape index (κ3) is 2.34. The molecule has 30 heavy (non-hydrogen) atoms. The largest absolute Gasteiger partial charge is 0.324 e. The smallest absolute Gasteiger partial charge is 0.236 e. The van der Waals surface area contributed by atoms with Crippen molar-refractivity contribution in [2.45, 2.75) is 11.8 Å². The van der Waals surface area contributed by atoms with E-state index in [0.717, 1.165) is 44.4 Å². The molecule has 2 aliphatic heterocycles. The van der Waals surface area contributed by atoms with Crippen LogP contribution in [0.25, 0.3) is 10.8 Å². The van der Waals surface area contributed by atoms with E-state index in [9.17, 15) is 9.59 Å². The molecule has 2 unspecified atom stereocenters. The second kappa shape index (κ2) is 6.29. The molecular weight excluding hydrogens is 372 g/mol. The molecule has 0 bridgehead atoms. The zero-order chi connectivity index (χ0) is 20.2. The molecule has 2 heterocycles. The number of amides is 2. The average molecular weight is 390 g/mol. The molecule has 6 rings (SSSR count). The van der Waals surface area contributed by atoms with Crippen molar-refractivity contribution in [1.29, 1.82) is 0 Å². The van der Waals surface area contributed by atoms with Gasteiger partial charge in [0.25, 0.3) is 0 Å². The van der Waals surface area contributed by atoms with E-state index in [2.05, 4.69) is 10.6 Å². The summed E-state index contributed by atoms with van der Waals surface area (Å²) in [5, 5.41) is 8.07. The SMILES string of the molecule is O=C1Nc2c(ccc3c4c(ccc23)C(c2ccccc2)C(=O)N4)C1c1ccccc1. The Labute approximate surface area is 173 Å². The molecule has 4 heteroatoms. The minimum absolute atomic E-state index is 0.0182. The van der Waals surface area contributed by atoms with E-state index in [1.54, 1.807) is 0 Å². The van der Waals surface area contributed by atoms with Crippen LogP contribution in [0.5, 0.6) is 0 Å². The van der Waals surface area contributed by atoms with Crippen LogP contribution in [-0.2, 0) is 9.59 Å². The van der Waals surface area contributed by atoms with Gasteiger partial charge in [0.05, 0.1) is 23.2 Å². The maximum absolute atomic E-state index is 12.8. The molecule has 4 aromatic rings. The summed E-state index contributed by atoms with van der Waals surface area (Å²) in [5.74, 6) is -0.665. The van der Waals surface area contributed by atoms with Crippen LogP contribution in [0.1, 0.15) is 34.1 Å². The normalized spacial score (nSPS) is 19.3. The predicted octanol–water partition coefficient (Wildman–Crippen LogP) is 5.01. The van der Waals surface area contributed by atoms with Gasteiger partial charge in [0.15, 0.2) is 0 Å². The molecule has 2 aliphatic rings. The molecule has 2 N–H and O–H groups in total. The monoisotopic (exact) mass is 390 g/mol. The van der Waals surface area contributed by atoms with Crippen LogP contribution < -0.4 is 10.6 Å². The molecule has 0 saturated heterocycles. The number of hydrogen-bond acceptors (Lipinski definition) is 2. The lowest BCUT2D eigenvalue weighted by Crippen LogP contribution is -2.12. The van der Waals surface area contributed by atoms with Crippen LogP contribution in [0.3, 0.4) is 0 Å². The average Bonchev–Trinajstić information content (AvgIpc) is 3.30. The first-order valence-corrected chi connectivity index (χ1v) is 10.0. The summed E-state index contributed by atoms with van der Waals surface area (Å²) in [6.45, 7) is 0. The van der Waals surface area contributed by atoms with Crippen LogP contribution in [0.15, 0.2) is 84.9 Å². The number of rotatable bonds is 2. The zero-order valence-corrected chi connectivity index (χ0v) is 16.1. The Balaban J connectivity index is 1.52. The van der Waals surface area contributed by atoms with Gasteiger partial charge in [-0.3, -0.25) is 9.59 Å². The van der Waals surface area contributed by atoms with Crippen molar-refractivity contribution >= 4 is 34.0 Å². The van der Waals surface area contributed by atoms with Crippen molar-refractivity contribution in [3.8, 4) is 0 Å². The topological polar surface area (TPSA) is 58.2 Å². The number of carbonyl (C=O) groups is 2. The van der Waals surface area contributed by atoms with Crippen molar-refractivity contribution in [2.24, 2.45) is 0 Å². The second-order valence-corrected chi connectivity index (χ2v) is 7.82. The highest BCUT2D eigenvalue weighted by atomic mass is 16.2. The van der Waals surface area contributed by atoms with Crippen LogP contribution in [0.4, 0.5) is 11.4 Å². The Bertz CT molecular complexity index is 1230. The minimum Gasteiger partial charge on any atom is -0.324 e. The van der Waals surface area contributed by atoms with Gasteiger partial charge in [-0.15, -0.1) is 0 Å². The minimum atomic E-state index is -0.314. The van der Waals surface area contributed by atoms with Crippen molar-refractivity contribution in [3.63, 3.8) is 0 Å². The Morgan fingerprint density at radius 1 is 0.500 bits per heavy atom. The van der Waals surface area contributed by atoms with E-state index in [1.165, 1.54) is 0 Å². The summed E-state index contributed by atoms with van der Waals surface area (Å²) >= 11 is 0. The number of hydrogen-bond donors (Lipinski definition) is 2. The van der Waals surface area contributed by atoms with Gasteiger partial charge in [-0.2, -0.15) is 0 Å². The molecule has 0 spiro atoms.